The third-order valence-electron chi connectivity index (χ3n) is 3.61. The van der Waals surface area contributed by atoms with Gasteiger partial charge >= 0.3 is 13.4 Å². The molecule has 0 saturated carbocycles. The van der Waals surface area contributed by atoms with Gasteiger partial charge in [-0.3, -0.25) is 14.3 Å². The van der Waals surface area contributed by atoms with Crippen LogP contribution in [0.3, 0.4) is 0 Å². The van der Waals surface area contributed by atoms with Crippen LogP contribution in [0.4, 0.5) is 5.95 Å². The minimum absolute atomic E-state index is 0.183. The van der Waals surface area contributed by atoms with E-state index in [1.54, 1.807) is 0 Å². The number of anilines is 1. The number of imidazole rings is 1. The van der Waals surface area contributed by atoms with Gasteiger partial charge in [0.1, 0.15) is 18.3 Å². The number of aliphatic hydroxyl groups is 2. The molecule has 0 bridgehead atoms. The molecule has 3 heterocycles. The average molecular weight is 379 g/mol. The topological polar surface area (TPSA) is 220 Å². The van der Waals surface area contributed by atoms with E-state index >= 15 is 0 Å². The molecule has 0 amide bonds. The minimum Gasteiger partial charge on any atom is -0.710 e. The summed E-state index contributed by atoms with van der Waals surface area (Å²) in [6.45, 7) is -0.717. The summed E-state index contributed by atoms with van der Waals surface area (Å²) in [7, 11) is -4.81. The highest BCUT2D eigenvalue weighted by Crippen LogP contribution is 2.38. The van der Waals surface area contributed by atoms with Gasteiger partial charge in [0, 0.05) is 0 Å². The Labute approximate surface area is 137 Å². The molecule has 4 atom stereocenters. The summed E-state index contributed by atoms with van der Waals surface area (Å²) in [5.74, 6) is -0.285. The highest BCUT2D eigenvalue weighted by Gasteiger charge is 2.48. The van der Waals surface area contributed by atoms with E-state index in [4.69, 9.17) is 20.3 Å². The first-order chi connectivity index (χ1) is 11.6. The van der Waals surface area contributed by atoms with Gasteiger partial charge in [-0.15, -0.1) is 0 Å². The molecule has 4 unspecified atom stereocenters. The number of H-pyrrole nitrogens is 1. The smallest absolute Gasteiger partial charge is 0.469 e. The molecular formula is C10H14N5O9P. The highest BCUT2D eigenvalue weighted by molar-refractivity contribution is 7.46. The minimum atomic E-state index is -4.81. The van der Waals surface area contributed by atoms with Gasteiger partial charge in [-0.1, -0.05) is 0 Å². The fourth-order valence-corrected chi connectivity index (χ4v) is 2.87. The molecule has 138 valence electrons. The van der Waals surface area contributed by atoms with Crippen LogP contribution in [-0.4, -0.2) is 59.5 Å². The van der Waals surface area contributed by atoms with Crippen molar-refractivity contribution in [1.29, 1.82) is 0 Å². The molecule has 0 radical (unpaired) electrons. The Balaban J connectivity index is 1.96. The van der Waals surface area contributed by atoms with Crippen LogP contribution in [-0.2, 0) is 13.8 Å². The van der Waals surface area contributed by atoms with Crippen LogP contribution in [0.2, 0.25) is 0 Å². The summed E-state index contributed by atoms with van der Waals surface area (Å²) in [5.41, 5.74) is 4.02. The third kappa shape index (κ3) is 3.23. The van der Waals surface area contributed by atoms with E-state index in [1.165, 1.54) is 0 Å². The summed E-state index contributed by atoms with van der Waals surface area (Å²) in [5, 5.41) is 32.0. The predicted molar refractivity (Wildman–Crippen MR) is 77.6 cm³/mol. The number of nitrogens with one attached hydrogen (secondary N) is 1. The Bertz CT molecular complexity index is 906. The monoisotopic (exact) mass is 379 g/mol. The molecule has 1 aliphatic heterocycles. The number of hydrogen-bond acceptors (Lipinski definition) is 9. The first kappa shape index (κ1) is 17.8. The lowest BCUT2D eigenvalue weighted by molar-refractivity contribution is -0.579. The molecular weight excluding hydrogens is 365 g/mol. The molecule has 1 fully saturated rings. The standard InChI is InChI=1S/C10H14N5O9P/c11-10-12-7-4(8(18)13-10)15(19)2-14(7)9-6(17)5(16)3(24-9)1-23-25(20,21)22/h2-3,5-6,9,16-17H,1H2,(H2,20,21,22)(H3,11,12,13,18). The number of fused-ring (bicyclic) bond motifs is 1. The number of aromatic amines is 1. The number of nitrogen functional groups attached to an aromatic ring is 1. The molecule has 2 aromatic rings. The van der Waals surface area contributed by atoms with Crippen LogP contribution >= 0.6 is 7.82 Å². The fraction of sp³-hybridized carbons (Fsp3) is 0.500. The van der Waals surface area contributed by atoms with Gasteiger partial charge in [-0.25, -0.2) is 9.30 Å². The molecule has 3 rings (SSSR count). The molecule has 2 aromatic heterocycles. The maximum atomic E-state index is 11.9. The average Bonchev–Trinajstić information content (AvgIpc) is 2.95. The summed E-state index contributed by atoms with van der Waals surface area (Å²) < 4.78 is 21.5. The fourth-order valence-electron chi connectivity index (χ4n) is 2.53. The van der Waals surface area contributed by atoms with Gasteiger partial charge in [0.05, 0.1) is 6.61 Å². The lowest BCUT2D eigenvalue weighted by Gasteiger charge is -2.14. The first-order valence-corrected chi connectivity index (χ1v) is 8.32. The van der Waals surface area contributed by atoms with E-state index in [2.05, 4.69) is 14.5 Å². The van der Waals surface area contributed by atoms with E-state index in [-0.39, 0.29) is 16.3 Å². The zero-order valence-electron chi connectivity index (χ0n) is 12.3. The lowest BCUT2D eigenvalue weighted by atomic mass is 10.1. The van der Waals surface area contributed by atoms with Crippen molar-refractivity contribution in [2.75, 3.05) is 12.3 Å². The normalized spacial score (nSPS) is 27.2. The van der Waals surface area contributed by atoms with Crippen molar-refractivity contribution in [2.24, 2.45) is 0 Å². The number of phosphoric ester groups is 1. The first-order valence-electron chi connectivity index (χ1n) is 6.79. The maximum absolute atomic E-state index is 11.9. The second-order valence-corrected chi connectivity index (χ2v) is 6.54. The second-order valence-electron chi connectivity index (χ2n) is 5.30. The highest BCUT2D eigenvalue weighted by atomic mass is 31.2. The van der Waals surface area contributed by atoms with Crippen molar-refractivity contribution in [2.45, 2.75) is 24.5 Å². The number of phosphoric acid groups is 1. The van der Waals surface area contributed by atoms with Gasteiger partial charge in [0.25, 0.3) is 17.5 Å². The van der Waals surface area contributed by atoms with Gasteiger partial charge in [-0.05, 0) is 0 Å². The number of rotatable bonds is 4. The van der Waals surface area contributed by atoms with Gasteiger partial charge in [0.15, 0.2) is 0 Å². The van der Waals surface area contributed by atoms with Gasteiger partial charge in [-0.2, -0.15) is 9.55 Å². The summed E-state index contributed by atoms with van der Waals surface area (Å²) in [6.07, 6.45) is -4.98. The molecule has 0 aromatic carbocycles. The number of hydrogen-bond donors (Lipinski definition) is 6. The van der Waals surface area contributed by atoms with Crippen LogP contribution in [0.1, 0.15) is 6.23 Å². The van der Waals surface area contributed by atoms with Crippen molar-refractivity contribution in [3.8, 4) is 0 Å². The zero-order valence-corrected chi connectivity index (χ0v) is 13.2. The maximum Gasteiger partial charge on any atom is 0.469 e. The Kier molecular flexibility index (Phi) is 4.28. The molecule has 25 heavy (non-hydrogen) atoms. The van der Waals surface area contributed by atoms with Gasteiger partial charge in [0.2, 0.25) is 12.2 Å². The molecule has 7 N–H and O–H groups in total. The Hall–Kier alpha value is -2.06. The number of ether oxygens (including phenoxy) is 1. The number of aliphatic hydroxyl groups excluding tert-OH is 2. The zero-order chi connectivity index (χ0) is 18.5. The number of nitrogens with zero attached hydrogens (tertiary/aromatic N) is 3. The van der Waals surface area contributed by atoms with E-state index < -0.39 is 50.0 Å². The van der Waals surface area contributed by atoms with Crippen molar-refractivity contribution < 1.29 is 38.6 Å². The van der Waals surface area contributed by atoms with E-state index in [1.807, 2.05) is 0 Å². The van der Waals surface area contributed by atoms with Gasteiger partial charge < -0.3 is 35.7 Å². The molecule has 14 nitrogen and oxygen atoms in total. The van der Waals surface area contributed by atoms with E-state index in [9.17, 15) is 24.8 Å². The Morgan fingerprint density at radius 3 is 2.80 bits per heavy atom. The molecule has 1 aliphatic rings. The molecule has 1 saturated heterocycles. The van der Waals surface area contributed by atoms with Crippen molar-refractivity contribution in [1.82, 2.24) is 14.5 Å². The van der Waals surface area contributed by atoms with Crippen molar-refractivity contribution in [3.05, 3.63) is 21.9 Å². The quantitative estimate of drug-likeness (QED) is 0.175. The number of nitrogens with two attached hydrogens (primary N) is 1. The third-order valence-corrected chi connectivity index (χ3v) is 4.09. The van der Waals surface area contributed by atoms with Crippen LogP contribution in [0.25, 0.3) is 11.2 Å². The summed E-state index contributed by atoms with van der Waals surface area (Å²) in [6, 6.07) is 0. The Morgan fingerprint density at radius 2 is 2.16 bits per heavy atom. The summed E-state index contributed by atoms with van der Waals surface area (Å²) in [4.78, 5) is 35.1. The lowest BCUT2D eigenvalue weighted by Crippen LogP contribution is -2.33. The largest absolute Gasteiger partial charge is 0.710 e. The molecule has 0 aliphatic carbocycles. The van der Waals surface area contributed by atoms with E-state index in [0.29, 0.717) is 0 Å². The van der Waals surface area contributed by atoms with Crippen LogP contribution in [0.5, 0.6) is 0 Å². The van der Waals surface area contributed by atoms with Crippen molar-refractivity contribution in [3.63, 3.8) is 0 Å². The van der Waals surface area contributed by atoms with Crippen LogP contribution in [0, 0.1) is 5.21 Å². The predicted octanol–water partition coefficient (Wildman–Crippen LogP) is -3.33. The second kappa shape index (κ2) is 6.03. The van der Waals surface area contributed by atoms with Crippen molar-refractivity contribution >= 4 is 24.9 Å². The van der Waals surface area contributed by atoms with E-state index in [0.717, 1.165) is 10.9 Å². The SMILES string of the molecule is Nc1nc2c(c(=O)[nH]1)[n+]([O-])cn2C1OC(COP(=O)(O)O)C(O)C1O. The van der Waals surface area contributed by atoms with Crippen LogP contribution in [0.15, 0.2) is 11.1 Å². The summed E-state index contributed by atoms with van der Waals surface area (Å²) >= 11 is 0. The molecule has 15 heteroatoms. The van der Waals surface area contributed by atoms with Crippen LogP contribution < -0.4 is 16.0 Å². The Morgan fingerprint density at radius 1 is 1.48 bits per heavy atom. The number of aromatic nitrogens is 4. The molecule has 0 spiro atoms.